The highest BCUT2D eigenvalue weighted by molar-refractivity contribution is 7.10. The topological polar surface area (TPSA) is 60.9 Å². The standard InChI is InChI=1S/C22H31N3O3S/c26-20(15-17-5-1-2-6-17)23-10-12-24(13-11-23)22(28)19-8-3-9-25(19)21(27)16-18-7-4-14-29-18/h4,7,14,17,19H,1-3,5-6,8-13,15-16H2. The Hall–Kier alpha value is -1.89. The van der Waals surface area contributed by atoms with E-state index in [0.717, 1.165) is 17.7 Å². The van der Waals surface area contributed by atoms with Crippen LogP contribution in [0.2, 0.25) is 0 Å². The summed E-state index contributed by atoms with van der Waals surface area (Å²) in [5, 5.41) is 1.97. The maximum absolute atomic E-state index is 13.1. The predicted octanol–water partition coefficient (Wildman–Crippen LogP) is 2.53. The Morgan fingerprint density at radius 2 is 1.62 bits per heavy atom. The minimum absolute atomic E-state index is 0.0497. The van der Waals surface area contributed by atoms with E-state index >= 15 is 0 Å². The van der Waals surface area contributed by atoms with Crippen molar-refractivity contribution in [2.75, 3.05) is 32.7 Å². The van der Waals surface area contributed by atoms with Gasteiger partial charge in [-0.15, -0.1) is 11.3 Å². The van der Waals surface area contributed by atoms with Crippen LogP contribution < -0.4 is 0 Å². The van der Waals surface area contributed by atoms with Gasteiger partial charge in [0.25, 0.3) is 0 Å². The van der Waals surface area contributed by atoms with Crippen LogP contribution >= 0.6 is 11.3 Å². The van der Waals surface area contributed by atoms with Gasteiger partial charge in [-0.3, -0.25) is 14.4 Å². The lowest BCUT2D eigenvalue weighted by molar-refractivity contribution is -0.146. The molecule has 3 amide bonds. The van der Waals surface area contributed by atoms with Crippen molar-refractivity contribution in [1.82, 2.24) is 14.7 Å². The summed E-state index contributed by atoms with van der Waals surface area (Å²) in [6, 6.07) is 3.59. The molecule has 1 aromatic rings. The van der Waals surface area contributed by atoms with Crippen LogP contribution in [0.15, 0.2) is 17.5 Å². The number of hydrogen-bond acceptors (Lipinski definition) is 4. The zero-order valence-corrected chi connectivity index (χ0v) is 17.9. The maximum Gasteiger partial charge on any atom is 0.245 e. The Labute approximate surface area is 176 Å². The van der Waals surface area contributed by atoms with E-state index < -0.39 is 0 Å². The lowest BCUT2D eigenvalue weighted by atomic mass is 10.0. The van der Waals surface area contributed by atoms with Crippen molar-refractivity contribution in [1.29, 1.82) is 0 Å². The molecule has 0 bridgehead atoms. The maximum atomic E-state index is 13.1. The molecule has 0 N–H and O–H groups in total. The van der Waals surface area contributed by atoms with E-state index in [1.54, 1.807) is 16.2 Å². The zero-order valence-electron chi connectivity index (χ0n) is 17.1. The molecule has 3 aliphatic rings. The molecule has 0 spiro atoms. The number of likely N-dealkylation sites (tertiary alicyclic amines) is 1. The van der Waals surface area contributed by atoms with Crippen molar-refractivity contribution < 1.29 is 14.4 Å². The van der Waals surface area contributed by atoms with Crippen LogP contribution in [0.25, 0.3) is 0 Å². The van der Waals surface area contributed by atoms with Gasteiger partial charge < -0.3 is 14.7 Å². The third-order valence-electron chi connectivity index (χ3n) is 6.65. The van der Waals surface area contributed by atoms with Crippen LogP contribution in [0.4, 0.5) is 0 Å². The molecule has 6 nitrogen and oxygen atoms in total. The summed E-state index contributed by atoms with van der Waals surface area (Å²) >= 11 is 1.58. The Kier molecular flexibility index (Phi) is 6.53. The van der Waals surface area contributed by atoms with Gasteiger partial charge in [0.1, 0.15) is 6.04 Å². The van der Waals surface area contributed by atoms with E-state index in [0.29, 0.717) is 51.5 Å². The van der Waals surface area contributed by atoms with E-state index in [2.05, 4.69) is 0 Å². The zero-order chi connectivity index (χ0) is 20.2. The second-order valence-corrected chi connectivity index (χ2v) is 9.59. The number of amides is 3. The highest BCUT2D eigenvalue weighted by Crippen LogP contribution is 2.28. The average Bonchev–Trinajstić information content (AvgIpc) is 3.50. The summed E-state index contributed by atoms with van der Waals surface area (Å²) in [6.45, 7) is 3.07. The molecular weight excluding hydrogens is 386 g/mol. The largest absolute Gasteiger partial charge is 0.339 e. The Bertz CT molecular complexity index is 722. The van der Waals surface area contributed by atoms with Crippen molar-refractivity contribution in [2.24, 2.45) is 5.92 Å². The van der Waals surface area contributed by atoms with Gasteiger partial charge in [-0.2, -0.15) is 0 Å². The van der Waals surface area contributed by atoms with Crippen LogP contribution in [0.5, 0.6) is 0 Å². The number of carbonyl (C=O) groups excluding carboxylic acids is 3. The van der Waals surface area contributed by atoms with Crippen molar-refractivity contribution in [3.8, 4) is 0 Å². The van der Waals surface area contributed by atoms with Crippen LogP contribution in [-0.2, 0) is 20.8 Å². The van der Waals surface area contributed by atoms with Crippen LogP contribution in [0.3, 0.4) is 0 Å². The van der Waals surface area contributed by atoms with Gasteiger partial charge in [0.15, 0.2) is 0 Å². The summed E-state index contributed by atoms with van der Waals surface area (Å²) in [4.78, 5) is 45.0. The fourth-order valence-electron chi connectivity index (χ4n) is 4.96. The molecule has 1 saturated carbocycles. The lowest BCUT2D eigenvalue weighted by Gasteiger charge is -2.37. The van der Waals surface area contributed by atoms with Crippen LogP contribution in [0, 0.1) is 5.92 Å². The minimum Gasteiger partial charge on any atom is -0.339 e. The molecule has 1 unspecified atom stereocenters. The quantitative estimate of drug-likeness (QED) is 0.740. The number of rotatable bonds is 5. The Morgan fingerprint density at radius 1 is 0.897 bits per heavy atom. The molecule has 4 rings (SSSR count). The van der Waals surface area contributed by atoms with Gasteiger partial charge in [-0.1, -0.05) is 18.9 Å². The first-order chi connectivity index (χ1) is 14.1. The van der Waals surface area contributed by atoms with Gasteiger partial charge in [-0.05, 0) is 43.0 Å². The highest BCUT2D eigenvalue weighted by atomic mass is 32.1. The van der Waals surface area contributed by atoms with E-state index in [4.69, 9.17) is 0 Å². The third kappa shape index (κ3) is 4.82. The molecule has 3 heterocycles. The highest BCUT2D eigenvalue weighted by Gasteiger charge is 2.37. The smallest absolute Gasteiger partial charge is 0.245 e. The van der Waals surface area contributed by atoms with E-state index in [1.165, 1.54) is 25.7 Å². The van der Waals surface area contributed by atoms with Crippen molar-refractivity contribution in [2.45, 2.75) is 57.4 Å². The number of thiophene rings is 1. The molecule has 0 radical (unpaired) electrons. The number of nitrogens with zero attached hydrogens (tertiary/aromatic N) is 3. The second kappa shape index (κ2) is 9.28. The third-order valence-corrected chi connectivity index (χ3v) is 7.52. The first-order valence-corrected chi connectivity index (χ1v) is 11.9. The molecule has 0 aromatic carbocycles. The summed E-state index contributed by atoms with van der Waals surface area (Å²) < 4.78 is 0. The number of piperazine rings is 1. The van der Waals surface area contributed by atoms with Gasteiger partial charge in [0.2, 0.25) is 17.7 Å². The molecule has 1 atom stereocenters. The van der Waals surface area contributed by atoms with E-state index in [9.17, 15) is 14.4 Å². The first-order valence-electron chi connectivity index (χ1n) is 11.0. The summed E-state index contributed by atoms with van der Waals surface area (Å²) in [5.41, 5.74) is 0. The fraction of sp³-hybridized carbons (Fsp3) is 0.682. The number of hydrogen-bond donors (Lipinski definition) is 0. The molecular formula is C22H31N3O3S. The Balaban J connectivity index is 1.28. The molecule has 2 saturated heterocycles. The fourth-order valence-corrected chi connectivity index (χ4v) is 5.66. The Morgan fingerprint density at radius 3 is 2.31 bits per heavy atom. The predicted molar refractivity (Wildman–Crippen MR) is 112 cm³/mol. The van der Waals surface area contributed by atoms with Crippen molar-refractivity contribution in [3.63, 3.8) is 0 Å². The number of carbonyl (C=O) groups is 3. The summed E-state index contributed by atoms with van der Waals surface area (Å²) in [5.74, 6) is 0.916. The SMILES string of the molecule is O=C(CC1CCCC1)N1CCN(C(=O)C2CCCN2C(=O)Cc2cccs2)CC1. The first kappa shape index (κ1) is 20.4. The average molecular weight is 418 g/mol. The molecule has 1 aliphatic carbocycles. The molecule has 2 aliphatic heterocycles. The lowest BCUT2D eigenvalue weighted by Crippen LogP contribution is -2.55. The van der Waals surface area contributed by atoms with E-state index in [-0.39, 0.29) is 23.8 Å². The monoisotopic (exact) mass is 417 g/mol. The van der Waals surface area contributed by atoms with Gasteiger partial charge in [0.05, 0.1) is 6.42 Å². The van der Waals surface area contributed by atoms with Crippen molar-refractivity contribution >= 4 is 29.1 Å². The van der Waals surface area contributed by atoms with E-state index in [1.807, 2.05) is 27.3 Å². The van der Waals surface area contributed by atoms with Gasteiger partial charge in [0, 0.05) is 44.0 Å². The van der Waals surface area contributed by atoms with Gasteiger partial charge >= 0.3 is 0 Å². The normalized spacial score (nSPS) is 23.0. The minimum atomic E-state index is -0.330. The van der Waals surface area contributed by atoms with Crippen LogP contribution in [0.1, 0.15) is 49.8 Å². The second-order valence-electron chi connectivity index (χ2n) is 8.56. The summed E-state index contributed by atoms with van der Waals surface area (Å²) in [7, 11) is 0. The summed E-state index contributed by atoms with van der Waals surface area (Å²) in [6.07, 6.45) is 7.55. The molecule has 1 aromatic heterocycles. The van der Waals surface area contributed by atoms with Crippen molar-refractivity contribution in [3.05, 3.63) is 22.4 Å². The molecule has 158 valence electrons. The molecule has 7 heteroatoms. The van der Waals surface area contributed by atoms with Gasteiger partial charge in [-0.25, -0.2) is 0 Å². The molecule has 29 heavy (non-hydrogen) atoms. The van der Waals surface area contributed by atoms with Crippen LogP contribution in [-0.4, -0.2) is 71.2 Å². The molecule has 3 fully saturated rings.